The fourth-order valence-electron chi connectivity index (χ4n) is 2.48. The molecular formula is C16H25N3O2S. The maximum absolute atomic E-state index is 12.2. The summed E-state index contributed by atoms with van der Waals surface area (Å²) < 4.78 is 5.81. The Labute approximate surface area is 136 Å². The van der Waals surface area contributed by atoms with Crippen LogP contribution in [0.15, 0.2) is 22.5 Å². The van der Waals surface area contributed by atoms with E-state index < -0.39 is 0 Å². The van der Waals surface area contributed by atoms with Crippen LogP contribution in [0, 0.1) is 0 Å². The van der Waals surface area contributed by atoms with Crippen molar-refractivity contribution in [3.63, 3.8) is 0 Å². The Morgan fingerprint density at radius 3 is 2.68 bits per heavy atom. The van der Waals surface area contributed by atoms with Crippen LogP contribution in [0.3, 0.4) is 0 Å². The smallest absolute Gasteiger partial charge is 0.295 e. The third-order valence-electron chi connectivity index (χ3n) is 3.81. The number of hydrogen-bond acceptors (Lipinski definition) is 4. The summed E-state index contributed by atoms with van der Waals surface area (Å²) in [5, 5.41) is 1.88. The molecule has 0 aliphatic carbocycles. The number of hydrogen-bond donors (Lipinski definition) is 0. The molecule has 0 N–H and O–H groups in total. The molecule has 1 saturated heterocycles. The number of likely N-dealkylation sites (tertiary alicyclic amines) is 1. The Hall–Kier alpha value is -1.40. The average Bonchev–Trinajstić information content (AvgIpc) is 3.00. The lowest BCUT2D eigenvalue weighted by Gasteiger charge is -2.36. The summed E-state index contributed by atoms with van der Waals surface area (Å²) in [6.45, 7) is 6.02. The van der Waals surface area contributed by atoms with Crippen molar-refractivity contribution >= 4 is 23.3 Å². The first kappa shape index (κ1) is 17.0. The van der Waals surface area contributed by atoms with Crippen molar-refractivity contribution in [1.82, 2.24) is 9.80 Å². The van der Waals surface area contributed by atoms with Crippen LogP contribution in [0.25, 0.3) is 0 Å². The van der Waals surface area contributed by atoms with Gasteiger partial charge in [0.05, 0.1) is 11.0 Å². The highest BCUT2D eigenvalue weighted by atomic mass is 32.1. The molecule has 2 rings (SSSR count). The molecule has 0 atom stereocenters. The van der Waals surface area contributed by atoms with Crippen LogP contribution in [-0.4, -0.2) is 61.1 Å². The topological polar surface area (TPSA) is 45.1 Å². The first-order chi connectivity index (χ1) is 10.5. The molecule has 0 saturated carbocycles. The van der Waals surface area contributed by atoms with Crippen LogP contribution >= 0.6 is 11.3 Å². The minimum absolute atomic E-state index is 0.0106. The number of piperidine rings is 1. The Morgan fingerprint density at radius 2 is 2.14 bits per heavy atom. The van der Waals surface area contributed by atoms with Gasteiger partial charge in [0, 0.05) is 13.1 Å². The molecule has 1 aliphatic rings. The van der Waals surface area contributed by atoms with E-state index in [9.17, 15) is 4.79 Å². The maximum atomic E-state index is 12.2. The molecule has 0 aromatic carbocycles. The van der Waals surface area contributed by atoms with Crippen molar-refractivity contribution in [2.24, 2.45) is 4.99 Å². The van der Waals surface area contributed by atoms with Crippen LogP contribution < -0.4 is 0 Å². The summed E-state index contributed by atoms with van der Waals surface area (Å²) in [4.78, 5) is 21.5. The molecule has 0 radical (unpaired) electrons. The van der Waals surface area contributed by atoms with Gasteiger partial charge in [0.1, 0.15) is 0 Å². The fraction of sp³-hybridized carbons (Fsp3) is 0.625. The van der Waals surface area contributed by atoms with E-state index >= 15 is 0 Å². The van der Waals surface area contributed by atoms with Crippen LogP contribution in [0.5, 0.6) is 0 Å². The van der Waals surface area contributed by atoms with Gasteiger partial charge in [0.25, 0.3) is 11.9 Å². The number of thiophene rings is 1. The Kier molecular flexibility index (Phi) is 5.97. The van der Waals surface area contributed by atoms with Gasteiger partial charge >= 0.3 is 0 Å². The van der Waals surface area contributed by atoms with Crippen molar-refractivity contribution in [2.75, 3.05) is 27.2 Å². The minimum atomic E-state index is -0.231. The third-order valence-corrected chi connectivity index (χ3v) is 4.67. The van der Waals surface area contributed by atoms with E-state index in [0.717, 1.165) is 25.9 Å². The second-order valence-electron chi connectivity index (χ2n) is 5.99. The van der Waals surface area contributed by atoms with E-state index in [2.05, 4.69) is 16.9 Å². The van der Waals surface area contributed by atoms with Crippen molar-refractivity contribution < 1.29 is 9.53 Å². The van der Waals surface area contributed by atoms with Gasteiger partial charge in [-0.3, -0.25) is 4.79 Å². The van der Waals surface area contributed by atoms with Crippen LogP contribution in [0.4, 0.5) is 0 Å². The highest BCUT2D eigenvalue weighted by molar-refractivity contribution is 7.12. The van der Waals surface area contributed by atoms with E-state index in [4.69, 9.17) is 4.74 Å². The molecule has 1 aromatic heterocycles. The lowest BCUT2D eigenvalue weighted by Crippen LogP contribution is -2.46. The van der Waals surface area contributed by atoms with Crippen molar-refractivity contribution in [1.29, 1.82) is 0 Å². The van der Waals surface area contributed by atoms with E-state index in [1.165, 1.54) is 11.3 Å². The molecule has 0 spiro atoms. The van der Waals surface area contributed by atoms with Gasteiger partial charge in [0.15, 0.2) is 0 Å². The molecule has 2 heterocycles. The zero-order valence-corrected chi connectivity index (χ0v) is 14.6. The van der Waals surface area contributed by atoms with Crippen molar-refractivity contribution in [2.45, 2.75) is 38.8 Å². The first-order valence-electron chi connectivity index (χ1n) is 7.72. The van der Waals surface area contributed by atoms with E-state index in [1.54, 1.807) is 6.07 Å². The molecule has 0 bridgehead atoms. The number of ether oxygens (including phenoxy) is 1. The third kappa shape index (κ3) is 4.55. The Balaban J connectivity index is 2.12. The zero-order chi connectivity index (χ0) is 16.1. The van der Waals surface area contributed by atoms with Crippen LogP contribution in [-0.2, 0) is 4.74 Å². The van der Waals surface area contributed by atoms with Crippen LogP contribution in [0.2, 0.25) is 0 Å². The number of carbonyl (C=O) groups excluding carboxylic acids is 1. The van der Waals surface area contributed by atoms with Gasteiger partial charge in [-0.15, -0.1) is 11.3 Å². The predicted molar refractivity (Wildman–Crippen MR) is 90.6 cm³/mol. The summed E-state index contributed by atoms with van der Waals surface area (Å²) in [6, 6.07) is 4.45. The minimum Gasteiger partial charge on any atom is -0.462 e. The number of rotatable bonds is 3. The number of amidine groups is 1. The molecule has 22 heavy (non-hydrogen) atoms. The summed E-state index contributed by atoms with van der Waals surface area (Å²) >= 11 is 1.40. The second-order valence-corrected chi connectivity index (χ2v) is 6.94. The quantitative estimate of drug-likeness (QED) is 0.634. The molecule has 1 amide bonds. The monoisotopic (exact) mass is 323 g/mol. The molecule has 1 aliphatic heterocycles. The molecule has 5 nitrogen and oxygen atoms in total. The summed E-state index contributed by atoms with van der Waals surface area (Å²) in [7, 11) is 4.11. The molecule has 1 aromatic rings. The highest BCUT2D eigenvalue weighted by Crippen LogP contribution is 2.17. The molecule has 0 unspecified atom stereocenters. The Morgan fingerprint density at radius 1 is 1.45 bits per heavy atom. The fourth-order valence-corrected chi connectivity index (χ4v) is 3.09. The van der Waals surface area contributed by atoms with Gasteiger partial charge in [-0.1, -0.05) is 6.07 Å². The second kappa shape index (κ2) is 7.74. The normalized spacial score (nSPS) is 17.8. The SMILES string of the molecule is CC(C)OC(=NC(=O)c1cccs1)N(C)C1CCN(C)CC1. The Bertz CT molecular complexity index is 505. The molecule has 6 heteroatoms. The zero-order valence-electron chi connectivity index (χ0n) is 13.8. The van der Waals surface area contributed by atoms with E-state index in [1.807, 2.05) is 37.2 Å². The summed E-state index contributed by atoms with van der Waals surface area (Å²) in [5.41, 5.74) is 0. The lowest BCUT2D eigenvalue weighted by molar-refractivity contribution is 0.0982. The number of amides is 1. The standard InChI is InChI=1S/C16H25N3O2S/c1-12(2)21-16(17-15(20)14-6-5-11-22-14)19(4)13-7-9-18(3)10-8-13/h5-6,11-13H,7-10H2,1-4H3. The van der Waals surface area contributed by atoms with Gasteiger partial charge in [-0.05, 0) is 58.3 Å². The summed E-state index contributed by atoms with van der Waals surface area (Å²) in [5.74, 6) is -0.231. The number of aliphatic imine (C=N–C) groups is 1. The van der Waals surface area contributed by atoms with Crippen molar-refractivity contribution in [3.05, 3.63) is 22.4 Å². The van der Waals surface area contributed by atoms with Gasteiger partial charge < -0.3 is 14.5 Å². The largest absolute Gasteiger partial charge is 0.462 e. The van der Waals surface area contributed by atoms with Gasteiger partial charge in [-0.2, -0.15) is 4.99 Å². The van der Waals surface area contributed by atoms with Crippen LogP contribution in [0.1, 0.15) is 36.4 Å². The molecular weight excluding hydrogens is 298 g/mol. The lowest BCUT2D eigenvalue weighted by atomic mass is 10.0. The molecule has 1 fully saturated rings. The van der Waals surface area contributed by atoms with Gasteiger partial charge in [-0.25, -0.2) is 0 Å². The summed E-state index contributed by atoms with van der Waals surface area (Å²) in [6.07, 6.45) is 2.10. The number of carbonyl (C=O) groups is 1. The molecule has 122 valence electrons. The predicted octanol–water partition coefficient (Wildman–Crippen LogP) is 2.70. The van der Waals surface area contributed by atoms with Gasteiger partial charge in [0.2, 0.25) is 0 Å². The average molecular weight is 323 g/mol. The first-order valence-corrected chi connectivity index (χ1v) is 8.60. The van der Waals surface area contributed by atoms with E-state index in [-0.39, 0.29) is 12.0 Å². The highest BCUT2D eigenvalue weighted by Gasteiger charge is 2.25. The van der Waals surface area contributed by atoms with E-state index in [0.29, 0.717) is 16.9 Å². The maximum Gasteiger partial charge on any atom is 0.295 e. The van der Waals surface area contributed by atoms with Crippen molar-refractivity contribution in [3.8, 4) is 0 Å². The number of nitrogens with zero attached hydrogens (tertiary/aromatic N) is 3.